The molecule has 0 spiro atoms. The molecule has 0 aliphatic carbocycles. The molecule has 2 aromatic rings. The lowest BCUT2D eigenvalue weighted by atomic mass is 9.99. The van der Waals surface area contributed by atoms with Crippen molar-refractivity contribution in [2.24, 2.45) is 0 Å². The van der Waals surface area contributed by atoms with Crippen LogP contribution in [0, 0.1) is 11.6 Å². The molecular weight excluding hydrogens is 438 g/mol. The number of carbonyl (C=O) groups excluding carboxylic acids is 2. The van der Waals surface area contributed by atoms with E-state index in [1.807, 2.05) is 15.9 Å². The van der Waals surface area contributed by atoms with Crippen molar-refractivity contribution in [3.63, 3.8) is 0 Å². The van der Waals surface area contributed by atoms with Gasteiger partial charge >= 0.3 is 0 Å². The molecule has 0 N–H and O–H groups in total. The predicted octanol–water partition coefficient (Wildman–Crippen LogP) is 2.96. The summed E-state index contributed by atoms with van der Waals surface area (Å²) in [6.07, 6.45) is 0. The Morgan fingerprint density at radius 1 is 1.03 bits per heavy atom. The third-order valence-corrected chi connectivity index (χ3v) is 6.31. The van der Waals surface area contributed by atoms with Crippen molar-refractivity contribution in [1.82, 2.24) is 9.80 Å². The average Bonchev–Trinajstić information content (AvgIpc) is 3.10. The summed E-state index contributed by atoms with van der Waals surface area (Å²) in [7, 11) is 3.40. The maximum Gasteiger partial charge on any atom is 0.241 e. The molecule has 2 amide bonds. The van der Waals surface area contributed by atoms with Crippen molar-refractivity contribution in [1.29, 1.82) is 0 Å². The third kappa shape index (κ3) is 4.37. The summed E-state index contributed by atoms with van der Waals surface area (Å²) < 4.78 is 27.3. The number of halogens is 3. The molecule has 1 fully saturated rings. The van der Waals surface area contributed by atoms with Crippen LogP contribution in [0.15, 0.2) is 36.4 Å². The van der Waals surface area contributed by atoms with Crippen molar-refractivity contribution >= 4 is 34.8 Å². The van der Waals surface area contributed by atoms with Gasteiger partial charge in [-0.15, -0.1) is 0 Å². The summed E-state index contributed by atoms with van der Waals surface area (Å²) in [4.78, 5) is 32.7. The summed E-state index contributed by atoms with van der Waals surface area (Å²) in [6, 6.07) is 8.94. The van der Waals surface area contributed by atoms with Gasteiger partial charge in [-0.1, -0.05) is 17.7 Å². The Kier molecular flexibility index (Phi) is 6.24. The molecule has 6 nitrogen and oxygen atoms in total. The Balaban J connectivity index is 1.47. The SMILES string of the molecule is CN(C)C(=O)CN1CC(C(=O)N2CCN(c3ccc(F)cc3F)CC2)c2ccc(Cl)cc21. The van der Waals surface area contributed by atoms with Crippen LogP contribution in [0.3, 0.4) is 0 Å². The second kappa shape index (κ2) is 8.94. The molecule has 2 aliphatic heterocycles. The molecular formula is C23H25ClF2N4O2. The van der Waals surface area contributed by atoms with Gasteiger partial charge in [0.2, 0.25) is 11.8 Å². The second-order valence-corrected chi connectivity index (χ2v) is 8.77. The van der Waals surface area contributed by atoms with Gasteiger partial charge < -0.3 is 19.6 Å². The van der Waals surface area contributed by atoms with E-state index in [9.17, 15) is 18.4 Å². The first-order valence-corrected chi connectivity index (χ1v) is 10.9. The Morgan fingerprint density at radius 2 is 1.75 bits per heavy atom. The lowest BCUT2D eigenvalue weighted by Gasteiger charge is -2.37. The quantitative estimate of drug-likeness (QED) is 0.701. The van der Waals surface area contributed by atoms with Crippen molar-refractivity contribution in [3.05, 3.63) is 58.6 Å². The predicted molar refractivity (Wildman–Crippen MR) is 120 cm³/mol. The Labute approximate surface area is 190 Å². The highest BCUT2D eigenvalue weighted by atomic mass is 35.5. The number of hydrogen-bond donors (Lipinski definition) is 0. The molecule has 2 aromatic carbocycles. The van der Waals surface area contributed by atoms with Crippen LogP contribution in [-0.2, 0) is 9.59 Å². The molecule has 4 rings (SSSR count). The standard InChI is InChI=1S/C23H25ClF2N4O2/c1-27(2)22(31)14-30-13-18(17-5-3-15(24)11-21(17)30)23(32)29-9-7-28(8-10-29)20-6-4-16(25)12-19(20)26/h3-6,11-12,18H,7-10,13-14H2,1-2H3. The lowest BCUT2D eigenvalue weighted by Crippen LogP contribution is -2.50. The van der Waals surface area contributed by atoms with Crippen molar-refractivity contribution < 1.29 is 18.4 Å². The fraction of sp³-hybridized carbons (Fsp3) is 0.391. The molecule has 1 atom stereocenters. The van der Waals surface area contributed by atoms with Crippen LogP contribution in [0.2, 0.25) is 5.02 Å². The van der Waals surface area contributed by atoms with E-state index in [0.717, 1.165) is 17.3 Å². The summed E-state index contributed by atoms with van der Waals surface area (Å²) >= 11 is 6.18. The third-order valence-electron chi connectivity index (χ3n) is 6.08. The van der Waals surface area contributed by atoms with Crippen molar-refractivity contribution in [2.45, 2.75) is 5.92 Å². The van der Waals surface area contributed by atoms with E-state index in [1.54, 1.807) is 31.1 Å². The van der Waals surface area contributed by atoms with Crippen LogP contribution in [0.4, 0.5) is 20.2 Å². The largest absolute Gasteiger partial charge is 0.366 e. The highest BCUT2D eigenvalue weighted by molar-refractivity contribution is 6.31. The van der Waals surface area contributed by atoms with Gasteiger partial charge in [-0.3, -0.25) is 9.59 Å². The first-order chi connectivity index (χ1) is 15.2. The normalized spacial score (nSPS) is 18.0. The van der Waals surface area contributed by atoms with Crippen LogP contribution in [-0.4, -0.2) is 75.0 Å². The van der Waals surface area contributed by atoms with Crippen LogP contribution in [0.25, 0.3) is 0 Å². The molecule has 0 bridgehead atoms. The van der Waals surface area contributed by atoms with Crippen LogP contribution in [0.1, 0.15) is 11.5 Å². The van der Waals surface area contributed by atoms with E-state index < -0.39 is 17.6 Å². The molecule has 1 saturated heterocycles. The zero-order valence-electron chi connectivity index (χ0n) is 18.0. The monoisotopic (exact) mass is 462 g/mol. The highest BCUT2D eigenvalue weighted by Gasteiger charge is 2.37. The van der Waals surface area contributed by atoms with E-state index in [4.69, 9.17) is 11.6 Å². The maximum absolute atomic E-state index is 14.1. The molecule has 2 aliphatic rings. The smallest absolute Gasteiger partial charge is 0.241 e. The molecule has 0 aromatic heterocycles. The average molecular weight is 463 g/mol. The van der Waals surface area contributed by atoms with E-state index in [-0.39, 0.29) is 18.4 Å². The zero-order valence-corrected chi connectivity index (χ0v) is 18.8. The van der Waals surface area contributed by atoms with Crippen LogP contribution in [0.5, 0.6) is 0 Å². The minimum absolute atomic E-state index is 0.0207. The van der Waals surface area contributed by atoms with Gasteiger partial charge in [0.25, 0.3) is 0 Å². The Morgan fingerprint density at radius 3 is 2.41 bits per heavy atom. The van der Waals surface area contributed by atoms with Gasteiger partial charge in [-0.05, 0) is 29.8 Å². The summed E-state index contributed by atoms with van der Waals surface area (Å²) in [5.41, 5.74) is 2.00. The fourth-order valence-electron chi connectivity index (χ4n) is 4.29. The van der Waals surface area contributed by atoms with Gasteiger partial charge in [0.05, 0.1) is 18.2 Å². The minimum Gasteiger partial charge on any atom is -0.366 e. The van der Waals surface area contributed by atoms with Gasteiger partial charge in [-0.2, -0.15) is 0 Å². The number of likely N-dealkylation sites (N-methyl/N-ethyl adjacent to an activating group) is 1. The van der Waals surface area contributed by atoms with E-state index in [0.29, 0.717) is 43.4 Å². The molecule has 170 valence electrons. The fourth-order valence-corrected chi connectivity index (χ4v) is 4.46. The van der Waals surface area contributed by atoms with Crippen LogP contribution >= 0.6 is 11.6 Å². The number of carbonyl (C=O) groups is 2. The van der Waals surface area contributed by atoms with Crippen LogP contribution < -0.4 is 9.80 Å². The van der Waals surface area contributed by atoms with E-state index in [1.165, 1.54) is 17.0 Å². The molecule has 1 unspecified atom stereocenters. The number of amides is 2. The number of piperazine rings is 1. The Bertz CT molecular complexity index is 1040. The van der Waals surface area contributed by atoms with Crippen molar-refractivity contribution in [3.8, 4) is 0 Å². The van der Waals surface area contributed by atoms with E-state index in [2.05, 4.69) is 0 Å². The van der Waals surface area contributed by atoms with Gasteiger partial charge in [0, 0.05) is 63.6 Å². The maximum atomic E-state index is 14.1. The van der Waals surface area contributed by atoms with E-state index >= 15 is 0 Å². The highest BCUT2D eigenvalue weighted by Crippen LogP contribution is 2.39. The minimum atomic E-state index is -0.614. The molecule has 2 heterocycles. The molecule has 9 heteroatoms. The second-order valence-electron chi connectivity index (χ2n) is 8.33. The van der Waals surface area contributed by atoms with Gasteiger partial charge in [0.15, 0.2) is 0 Å². The number of fused-ring (bicyclic) bond motifs is 1. The van der Waals surface area contributed by atoms with Crippen molar-refractivity contribution in [2.75, 3.05) is 63.2 Å². The van der Waals surface area contributed by atoms with Gasteiger partial charge in [0.1, 0.15) is 11.6 Å². The molecule has 0 saturated carbocycles. The number of rotatable bonds is 4. The topological polar surface area (TPSA) is 47.1 Å². The zero-order chi connectivity index (χ0) is 23.0. The lowest BCUT2D eigenvalue weighted by molar-refractivity contribution is -0.133. The molecule has 32 heavy (non-hydrogen) atoms. The summed E-state index contributed by atoms with van der Waals surface area (Å²) in [5, 5.41) is 0.550. The van der Waals surface area contributed by atoms with Gasteiger partial charge in [-0.25, -0.2) is 8.78 Å². The number of nitrogens with zero attached hydrogens (tertiary/aromatic N) is 4. The summed E-state index contributed by atoms with van der Waals surface area (Å²) in [5.74, 6) is -1.69. The number of hydrogen-bond acceptors (Lipinski definition) is 4. The summed E-state index contributed by atoms with van der Waals surface area (Å²) in [6.45, 7) is 2.36. The number of benzene rings is 2. The molecule has 0 radical (unpaired) electrons. The number of anilines is 2. The first kappa shape index (κ1) is 22.3. The Hall–Kier alpha value is -2.87. The first-order valence-electron chi connectivity index (χ1n) is 10.5.